The highest BCUT2D eigenvalue weighted by atomic mass is 16.3. The highest BCUT2D eigenvalue weighted by molar-refractivity contribution is 5.80. The summed E-state index contributed by atoms with van der Waals surface area (Å²) in [6, 6.07) is 3.78. The predicted molar refractivity (Wildman–Crippen MR) is 118 cm³/mol. The van der Waals surface area contributed by atoms with E-state index < -0.39 is 0 Å². The third-order valence-electron chi connectivity index (χ3n) is 7.34. The molecule has 6 heteroatoms. The average molecular weight is 414 g/mol. The van der Waals surface area contributed by atoms with Gasteiger partial charge in [0, 0.05) is 49.5 Å². The van der Waals surface area contributed by atoms with Crippen LogP contribution in [0.3, 0.4) is 0 Å². The number of amides is 1. The Morgan fingerprint density at radius 1 is 1.30 bits per heavy atom. The topological polar surface area (TPSA) is 74.6 Å². The molecule has 3 heterocycles. The zero-order valence-corrected chi connectivity index (χ0v) is 18.2. The normalized spacial score (nSPS) is 28.9. The smallest absolute Gasteiger partial charge is 0.258 e. The van der Waals surface area contributed by atoms with Crippen LogP contribution in [0, 0.1) is 17.8 Å². The van der Waals surface area contributed by atoms with Gasteiger partial charge in [-0.3, -0.25) is 14.5 Å². The lowest BCUT2D eigenvalue weighted by Crippen LogP contribution is -2.48. The molecule has 2 fully saturated rings. The number of fused-ring (bicyclic) bond motifs is 4. The first-order valence-corrected chi connectivity index (χ1v) is 11.6. The number of nitrogens with zero attached hydrogens (tertiary/aromatic N) is 2. The van der Waals surface area contributed by atoms with E-state index in [1.165, 1.54) is 25.7 Å². The number of carbonyl (C=O) groups is 1. The standard InChI is InChI=1S/C24H35N3O3/c1-3-7-17-10-11-19-22-21(23(29)25-12-4-2)18(15-28)20(14-27(19)24(17)30)26(22)13-16-8-5-6-9-16/h3,7,10-11,16,18,20-22,28H,4-6,8-9,12-15H2,1-2H3,(H,25,29)/b7-3-/t18-,20-,21+,22+/m1/s1. The number of pyridine rings is 1. The van der Waals surface area contributed by atoms with E-state index in [1.807, 2.05) is 42.7 Å². The maximum Gasteiger partial charge on any atom is 0.258 e. The fourth-order valence-corrected chi connectivity index (χ4v) is 5.95. The van der Waals surface area contributed by atoms with Gasteiger partial charge in [0.1, 0.15) is 0 Å². The van der Waals surface area contributed by atoms with Gasteiger partial charge in [-0.25, -0.2) is 0 Å². The van der Waals surface area contributed by atoms with Crippen LogP contribution in [-0.2, 0) is 11.3 Å². The fourth-order valence-electron chi connectivity index (χ4n) is 5.95. The van der Waals surface area contributed by atoms with E-state index in [4.69, 9.17) is 0 Å². The highest BCUT2D eigenvalue weighted by Crippen LogP contribution is 2.49. The monoisotopic (exact) mass is 413 g/mol. The minimum Gasteiger partial charge on any atom is -0.396 e. The Hall–Kier alpha value is -1.92. The molecule has 2 bridgehead atoms. The molecule has 0 aromatic carbocycles. The van der Waals surface area contributed by atoms with E-state index in [0.717, 1.165) is 18.7 Å². The van der Waals surface area contributed by atoms with E-state index in [0.29, 0.717) is 24.6 Å². The van der Waals surface area contributed by atoms with Crippen LogP contribution in [-0.4, -0.2) is 46.2 Å². The van der Waals surface area contributed by atoms with E-state index in [1.54, 1.807) is 0 Å². The third kappa shape index (κ3) is 3.65. The molecular weight excluding hydrogens is 378 g/mol. The summed E-state index contributed by atoms with van der Waals surface area (Å²) in [6.45, 7) is 6.06. The molecule has 0 spiro atoms. The van der Waals surface area contributed by atoms with Crippen molar-refractivity contribution in [3.05, 3.63) is 39.8 Å². The van der Waals surface area contributed by atoms with Crippen molar-refractivity contribution in [1.82, 2.24) is 14.8 Å². The molecule has 164 valence electrons. The van der Waals surface area contributed by atoms with Crippen molar-refractivity contribution in [3.8, 4) is 0 Å². The number of hydrogen-bond donors (Lipinski definition) is 2. The number of allylic oxidation sites excluding steroid dienone is 1. The number of rotatable bonds is 7. The second-order valence-corrected chi connectivity index (χ2v) is 9.15. The van der Waals surface area contributed by atoms with E-state index in [9.17, 15) is 14.7 Å². The molecule has 1 aromatic rings. The number of aromatic nitrogens is 1. The molecule has 0 unspecified atom stereocenters. The zero-order chi connectivity index (χ0) is 21.3. The van der Waals surface area contributed by atoms with Crippen LogP contribution in [0.5, 0.6) is 0 Å². The van der Waals surface area contributed by atoms with Gasteiger partial charge in [-0.2, -0.15) is 0 Å². The van der Waals surface area contributed by atoms with Crippen LogP contribution in [0.1, 0.15) is 63.3 Å². The number of aliphatic hydroxyl groups excluding tert-OH is 1. The van der Waals surface area contributed by atoms with Gasteiger partial charge in [-0.05, 0) is 44.2 Å². The van der Waals surface area contributed by atoms with Gasteiger partial charge in [-0.15, -0.1) is 0 Å². The Morgan fingerprint density at radius 2 is 2.07 bits per heavy atom. The van der Waals surface area contributed by atoms with Crippen molar-refractivity contribution in [1.29, 1.82) is 0 Å². The minimum absolute atomic E-state index is 0.00687. The first-order chi connectivity index (χ1) is 14.6. The molecule has 1 saturated carbocycles. The summed E-state index contributed by atoms with van der Waals surface area (Å²) in [5, 5.41) is 13.4. The lowest BCUT2D eigenvalue weighted by atomic mass is 9.86. The minimum atomic E-state index is -0.325. The first-order valence-electron chi connectivity index (χ1n) is 11.6. The average Bonchev–Trinajstić information content (AvgIpc) is 3.32. The SMILES string of the molecule is C/C=C\c1ccc2n(c1=O)C[C@@H]1[C@@H](CO)[C@H](C(=O)NCCC)[C@H]2N1CC1CCCC1. The lowest BCUT2D eigenvalue weighted by molar-refractivity contribution is -0.127. The Morgan fingerprint density at radius 3 is 2.73 bits per heavy atom. The number of nitrogens with one attached hydrogen (secondary N) is 1. The van der Waals surface area contributed by atoms with E-state index in [-0.39, 0.29) is 42.0 Å². The van der Waals surface area contributed by atoms with Crippen molar-refractivity contribution < 1.29 is 9.90 Å². The largest absolute Gasteiger partial charge is 0.396 e. The molecule has 1 aliphatic carbocycles. The summed E-state index contributed by atoms with van der Waals surface area (Å²) < 4.78 is 1.87. The Labute approximate surface area is 179 Å². The molecule has 30 heavy (non-hydrogen) atoms. The highest BCUT2D eigenvalue weighted by Gasteiger charge is 2.55. The second-order valence-electron chi connectivity index (χ2n) is 9.15. The summed E-state index contributed by atoms with van der Waals surface area (Å²) in [5.74, 6) is 0.178. The van der Waals surface area contributed by atoms with Crippen molar-refractivity contribution in [3.63, 3.8) is 0 Å². The van der Waals surface area contributed by atoms with Crippen LogP contribution in [0.25, 0.3) is 6.08 Å². The van der Waals surface area contributed by atoms with Gasteiger partial charge in [0.15, 0.2) is 0 Å². The molecule has 1 aromatic heterocycles. The molecule has 0 radical (unpaired) electrons. The third-order valence-corrected chi connectivity index (χ3v) is 7.34. The van der Waals surface area contributed by atoms with Crippen molar-refractivity contribution in [2.45, 2.75) is 64.6 Å². The summed E-state index contributed by atoms with van der Waals surface area (Å²) in [6.07, 6.45) is 9.63. The molecule has 1 amide bonds. The van der Waals surface area contributed by atoms with E-state index >= 15 is 0 Å². The second kappa shape index (κ2) is 9.06. The van der Waals surface area contributed by atoms with Crippen molar-refractivity contribution in [2.24, 2.45) is 17.8 Å². The molecule has 2 N–H and O–H groups in total. The van der Waals surface area contributed by atoms with Crippen molar-refractivity contribution >= 4 is 12.0 Å². The summed E-state index contributed by atoms with van der Waals surface area (Å²) in [5.41, 5.74) is 1.61. The summed E-state index contributed by atoms with van der Waals surface area (Å²) in [7, 11) is 0. The van der Waals surface area contributed by atoms with Crippen LogP contribution < -0.4 is 10.9 Å². The molecule has 4 atom stereocenters. The zero-order valence-electron chi connectivity index (χ0n) is 18.2. The van der Waals surface area contributed by atoms with Crippen LogP contribution in [0.2, 0.25) is 0 Å². The maximum atomic E-state index is 13.2. The Balaban J connectivity index is 1.76. The maximum absolute atomic E-state index is 13.2. The van der Waals surface area contributed by atoms with Gasteiger partial charge in [0.2, 0.25) is 5.91 Å². The quantitative estimate of drug-likeness (QED) is 0.721. The number of hydrogen-bond acceptors (Lipinski definition) is 4. The fraction of sp³-hybridized carbons (Fsp3) is 0.667. The summed E-state index contributed by atoms with van der Waals surface area (Å²) in [4.78, 5) is 28.8. The molecular formula is C24H35N3O3. The molecule has 4 rings (SSSR count). The number of carbonyl (C=O) groups excluding carboxylic acids is 1. The Bertz CT molecular complexity index is 856. The van der Waals surface area contributed by atoms with Gasteiger partial charge in [-0.1, -0.05) is 31.9 Å². The molecule has 2 aliphatic heterocycles. The Kier molecular flexibility index (Phi) is 6.44. The van der Waals surface area contributed by atoms with Gasteiger partial charge in [0.05, 0.1) is 12.0 Å². The molecule has 1 saturated heterocycles. The van der Waals surface area contributed by atoms with Crippen LogP contribution in [0.15, 0.2) is 23.0 Å². The van der Waals surface area contributed by atoms with Crippen LogP contribution >= 0.6 is 0 Å². The van der Waals surface area contributed by atoms with E-state index in [2.05, 4.69) is 10.2 Å². The molecule has 3 aliphatic rings. The van der Waals surface area contributed by atoms with Gasteiger partial charge < -0.3 is 15.0 Å². The van der Waals surface area contributed by atoms with Gasteiger partial charge in [0.25, 0.3) is 5.56 Å². The summed E-state index contributed by atoms with van der Waals surface area (Å²) >= 11 is 0. The first kappa shape index (κ1) is 21.3. The van der Waals surface area contributed by atoms with Crippen molar-refractivity contribution in [2.75, 3.05) is 19.7 Å². The van der Waals surface area contributed by atoms with Crippen LogP contribution in [0.4, 0.5) is 0 Å². The lowest BCUT2D eigenvalue weighted by Gasteiger charge is -2.39. The predicted octanol–water partition coefficient (Wildman–Crippen LogP) is 2.56. The molecule has 6 nitrogen and oxygen atoms in total. The van der Waals surface area contributed by atoms with Gasteiger partial charge >= 0.3 is 0 Å². The number of aliphatic hydroxyl groups is 1.